The van der Waals surface area contributed by atoms with Gasteiger partial charge in [0.2, 0.25) is 5.91 Å². The normalized spacial score (nSPS) is 21.7. The fourth-order valence-corrected chi connectivity index (χ4v) is 1.84. The second-order valence-corrected chi connectivity index (χ2v) is 3.64. The van der Waals surface area contributed by atoms with Gasteiger partial charge >= 0.3 is 0 Å². The van der Waals surface area contributed by atoms with Gasteiger partial charge < -0.3 is 9.64 Å². The average Bonchev–Trinajstić information content (AvgIpc) is 2.19. The molecule has 0 aromatic heterocycles. The van der Waals surface area contributed by atoms with Crippen LogP contribution in [0.15, 0.2) is 0 Å². The molecule has 0 aromatic rings. The van der Waals surface area contributed by atoms with Crippen molar-refractivity contribution < 1.29 is 9.53 Å². The molecule has 1 heterocycles. The Hall–Kier alpha value is -1.08. The Morgan fingerprint density at radius 2 is 2.50 bits per heavy atom. The van der Waals surface area contributed by atoms with Gasteiger partial charge in [0.1, 0.15) is 6.42 Å². The molecule has 1 aliphatic heterocycles. The second-order valence-electron chi connectivity index (χ2n) is 3.64. The summed E-state index contributed by atoms with van der Waals surface area (Å²) < 4.78 is 5.07. The number of carbonyl (C=O) groups excluding carboxylic acids is 1. The lowest BCUT2D eigenvalue weighted by molar-refractivity contribution is -0.132. The van der Waals surface area contributed by atoms with E-state index in [0.29, 0.717) is 12.5 Å². The lowest BCUT2D eigenvalue weighted by Crippen LogP contribution is -2.40. The van der Waals surface area contributed by atoms with Crippen molar-refractivity contribution in [1.82, 2.24) is 4.90 Å². The average molecular weight is 196 g/mol. The van der Waals surface area contributed by atoms with E-state index >= 15 is 0 Å². The Morgan fingerprint density at radius 1 is 1.71 bits per heavy atom. The lowest BCUT2D eigenvalue weighted by Gasteiger charge is -2.31. The Kier molecular flexibility index (Phi) is 4.41. The van der Waals surface area contributed by atoms with Crippen molar-refractivity contribution in [3.63, 3.8) is 0 Å². The maximum atomic E-state index is 11.4. The molecule has 0 radical (unpaired) electrons. The molecule has 4 heteroatoms. The minimum Gasteiger partial charge on any atom is -0.384 e. The van der Waals surface area contributed by atoms with Gasteiger partial charge in [-0.05, 0) is 18.8 Å². The molecular formula is C10H16N2O2. The molecule has 78 valence electrons. The van der Waals surface area contributed by atoms with Crippen molar-refractivity contribution in [3.05, 3.63) is 0 Å². The van der Waals surface area contributed by atoms with Crippen LogP contribution >= 0.6 is 0 Å². The number of hydrogen-bond donors (Lipinski definition) is 0. The van der Waals surface area contributed by atoms with Crippen LogP contribution in [0.2, 0.25) is 0 Å². The fraction of sp³-hybridized carbons (Fsp3) is 0.800. The van der Waals surface area contributed by atoms with Crippen LogP contribution < -0.4 is 0 Å². The summed E-state index contributed by atoms with van der Waals surface area (Å²) in [5.74, 6) is 0.393. The number of nitrogens with zero attached hydrogens (tertiary/aromatic N) is 2. The molecule has 1 saturated heterocycles. The molecule has 0 saturated carbocycles. The molecule has 0 spiro atoms. The van der Waals surface area contributed by atoms with Crippen LogP contribution in [0, 0.1) is 17.2 Å². The van der Waals surface area contributed by atoms with Crippen LogP contribution in [0.5, 0.6) is 0 Å². The standard InChI is InChI=1S/C10H16N2O2/c1-14-8-9-3-2-6-12(7-9)10(13)4-5-11/h9H,2-4,6-8H2,1H3. The number of amides is 1. The Balaban J connectivity index is 2.40. The number of likely N-dealkylation sites (tertiary alicyclic amines) is 1. The van der Waals surface area contributed by atoms with Crippen molar-refractivity contribution in [1.29, 1.82) is 5.26 Å². The highest BCUT2D eigenvalue weighted by Crippen LogP contribution is 2.17. The van der Waals surface area contributed by atoms with E-state index in [1.807, 2.05) is 6.07 Å². The summed E-state index contributed by atoms with van der Waals surface area (Å²) in [6.45, 7) is 2.24. The van der Waals surface area contributed by atoms with E-state index in [1.54, 1.807) is 12.0 Å². The van der Waals surface area contributed by atoms with Crippen LogP contribution in [0.4, 0.5) is 0 Å². The number of rotatable bonds is 3. The van der Waals surface area contributed by atoms with Gasteiger partial charge in [-0.15, -0.1) is 0 Å². The molecule has 0 N–H and O–H groups in total. The van der Waals surface area contributed by atoms with Gasteiger partial charge in [0.15, 0.2) is 0 Å². The number of ether oxygens (including phenoxy) is 1. The highest BCUT2D eigenvalue weighted by molar-refractivity contribution is 5.78. The van der Waals surface area contributed by atoms with Gasteiger partial charge in [-0.2, -0.15) is 5.26 Å². The Morgan fingerprint density at radius 3 is 3.14 bits per heavy atom. The van der Waals surface area contributed by atoms with Crippen LogP contribution in [0.25, 0.3) is 0 Å². The molecule has 1 rings (SSSR count). The van der Waals surface area contributed by atoms with Crippen molar-refractivity contribution >= 4 is 5.91 Å². The number of hydrogen-bond acceptors (Lipinski definition) is 3. The zero-order valence-corrected chi connectivity index (χ0v) is 8.53. The molecule has 0 aromatic carbocycles. The van der Waals surface area contributed by atoms with Gasteiger partial charge in [-0.3, -0.25) is 4.79 Å². The third-order valence-corrected chi connectivity index (χ3v) is 2.50. The monoisotopic (exact) mass is 196 g/mol. The smallest absolute Gasteiger partial charge is 0.236 e. The van der Waals surface area contributed by atoms with Crippen LogP contribution in [-0.4, -0.2) is 37.6 Å². The van der Waals surface area contributed by atoms with E-state index < -0.39 is 0 Å². The minimum atomic E-state index is -0.0479. The van der Waals surface area contributed by atoms with Crippen LogP contribution in [-0.2, 0) is 9.53 Å². The van der Waals surface area contributed by atoms with Gasteiger partial charge in [0.05, 0.1) is 12.7 Å². The van der Waals surface area contributed by atoms with Crippen molar-refractivity contribution in [2.75, 3.05) is 26.8 Å². The third kappa shape index (κ3) is 3.00. The molecule has 0 bridgehead atoms. The zero-order valence-electron chi connectivity index (χ0n) is 8.53. The van der Waals surface area contributed by atoms with Gasteiger partial charge in [-0.1, -0.05) is 0 Å². The predicted octanol–water partition coefficient (Wildman–Crippen LogP) is 0.785. The SMILES string of the molecule is COCC1CCCN(C(=O)CC#N)C1. The fourth-order valence-electron chi connectivity index (χ4n) is 1.84. The van der Waals surface area contributed by atoms with Gasteiger partial charge in [0, 0.05) is 20.2 Å². The first-order chi connectivity index (χ1) is 6.77. The summed E-state index contributed by atoms with van der Waals surface area (Å²) in [5, 5.41) is 8.41. The van der Waals surface area contributed by atoms with E-state index in [2.05, 4.69) is 0 Å². The Bertz CT molecular complexity index is 233. The summed E-state index contributed by atoms with van der Waals surface area (Å²) in [6.07, 6.45) is 2.13. The minimum absolute atomic E-state index is 0.000295. The molecule has 4 nitrogen and oxygen atoms in total. The van der Waals surface area contributed by atoms with Crippen molar-refractivity contribution in [3.8, 4) is 6.07 Å². The topological polar surface area (TPSA) is 53.3 Å². The molecule has 14 heavy (non-hydrogen) atoms. The molecule has 1 fully saturated rings. The quantitative estimate of drug-likeness (QED) is 0.670. The van der Waals surface area contributed by atoms with E-state index in [1.165, 1.54) is 0 Å². The molecule has 1 aliphatic rings. The van der Waals surface area contributed by atoms with E-state index in [-0.39, 0.29) is 12.3 Å². The summed E-state index contributed by atoms with van der Waals surface area (Å²) in [6, 6.07) is 1.89. The molecule has 1 atom stereocenters. The first-order valence-corrected chi connectivity index (χ1v) is 4.91. The van der Waals surface area contributed by atoms with E-state index in [9.17, 15) is 4.79 Å². The summed E-state index contributed by atoms with van der Waals surface area (Å²) in [4.78, 5) is 13.2. The maximum Gasteiger partial charge on any atom is 0.236 e. The van der Waals surface area contributed by atoms with Crippen LogP contribution in [0.1, 0.15) is 19.3 Å². The molecule has 0 aliphatic carbocycles. The largest absolute Gasteiger partial charge is 0.384 e. The predicted molar refractivity (Wildman–Crippen MR) is 51.4 cm³/mol. The number of carbonyl (C=O) groups is 1. The lowest BCUT2D eigenvalue weighted by atomic mass is 9.99. The van der Waals surface area contributed by atoms with E-state index in [4.69, 9.17) is 10.00 Å². The first-order valence-electron chi connectivity index (χ1n) is 4.91. The highest BCUT2D eigenvalue weighted by atomic mass is 16.5. The molecule has 1 amide bonds. The molecule has 1 unspecified atom stereocenters. The second kappa shape index (κ2) is 5.61. The van der Waals surface area contributed by atoms with Gasteiger partial charge in [-0.25, -0.2) is 0 Å². The third-order valence-electron chi connectivity index (χ3n) is 2.50. The summed E-state index contributed by atoms with van der Waals surface area (Å²) in [5.41, 5.74) is 0. The summed E-state index contributed by atoms with van der Waals surface area (Å²) in [7, 11) is 1.68. The maximum absolute atomic E-state index is 11.4. The highest BCUT2D eigenvalue weighted by Gasteiger charge is 2.22. The zero-order chi connectivity index (χ0) is 10.4. The van der Waals surface area contributed by atoms with Crippen molar-refractivity contribution in [2.45, 2.75) is 19.3 Å². The Labute approximate surface area is 84.4 Å². The molecular weight excluding hydrogens is 180 g/mol. The number of methoxy groups -OCH3 is 1. The number of piperidine rings is 1. The first kappa shape index (κ1) is 11.0. The number of nitriles is 1. The van der Waals surface area contributed by atoms with E-state index in [0.717, 1.165) is 25.9 Å². The van der Waals surface area contributed by atoms with Gasteiger partial charge in [0.25, 0.3) is 0 Å². The summed E-state index contributed by atoms with van der Waals surface area (Å²) >= 11 is 0. The van der Waals surface area contributed by atoms with Crippen molar-refractivity contribution in [2.24, 2.45) is 5.92 Å². The van der Waals surface area contributed by atoms with Crippen LogP contribution in [0.3, 0.4) is 0 Å².